The summed E-state index contributed by atoms with van der Waals surface area (Å²) in [7, 11) is 0. The van der Waals surface area contributed by atoms with Crippen LogP contribution in [0.15, 0.2) is 0 Å². The second-order valence-corrected chi connectivity index (χ2v) is 5.05. The van der Waals surface area contributed by atoms with Gasteiger partial charge in [-0.05, 0) is 44.3 Å². The first-order valence-electron chi connectivity index (χ1n) is 6.69. The van der Waals surface area contributed by atoms with Crippen molar-refractivity contribution < 1.29 is 0 Å². The molecule has 0 spiro atoms. The van der Waals surface area contributed by atoms with Gasteiger partial charge in [-0.2, -0.15) is 0 Å². The molecule has 1 rings (SSSR count). The normalized spacial score (nSPS) is 26.4. The van der Waals surface area contributed by atoms with E-state index in [-0.39, 0.29) is 0 Å². The van der Waals surface area contributed by atoms with Crippen LogP contribution >= 0.6 is 0 Å². The van der Waals surface area contributed by atoms with E-state index in [0.29, 0.717) is 5.41 Å². The Hall–Kier alpha value is -0.0800. The third-order valence-electron chi connectivity index (χ3n) is 3.66. The van der Waals surface area contributed by atoms with Crippen molar-refractivity contribution in [1.82, 2.24) is 10.2 Å². The highest BCUT2D eigenvalue weighted by molar-refractivity contribution is 4.89. The summed E-state index contributed by atoms with van der Waals surface area (Å²) in [6, 6.07) is 0. The lowest BCUT2D eigenvalue weighted by molar-refractivity contribution is 0.158. The zero-order valence-corrected chi connectivity index (χ0v) is 10.8. The van der Waals surface area contributed by atoms with Gasteiger partial charge in [0.1, 0.15) is 0 Å². The monoisotopic (exact) mass is 212 g/mol. The highest BCUT2D eigenvalue weighted by Gasteiger charge is 2.33. The van der Waals surface area contributed by atoms with Gasteiger partial charge in [-0.25, -0.2) is 0 Å². The Balaban J connectivity index is 2.48. The molecule has 0 aromatic carbocycles. The fraction of sp³-hybridized carbons (Fsp3) is 1.00. The van der Waals surface area contributed by atoms with Gasteiger partial charge in [0.05, 0.1) is 0 Å². The minimum atomic E-state index is 0.583. The predicted octanol–water partition coefficient (Wildman–Crippen LogP) is 2.50. The van der Waals surface area contributed by atoms with Crippen LogP contribution in [0.2, 0.25) is 0 Å². The third kappa shape index (κ3) is 3.76. The van der Waals surface area contributed by atoms with Crippen LogP contribution in [0.5, 0.6) is 0 Å². The highest BCUT2D eigenvalue weighted by Crippen LogP contribution is 2.32. The first kappa shape index (κ1) is 13.0. The Labute approximate surface area is 95.4 Å². The van der Waals surface area contributed by atoms with Gasteiger partial charge in [0.2, 0.25) is 0 Å². The van der Waals surface area contributed by atoms with Gasteiger partial charge in [-0.1, -0.05) is 27.2 Å². The van der Waals surface area contributed by atoms with Crippen LogP contribution in [0.3, 0.4) is 0 Å². The van der Waals surface area contributed by atoms with E-state index in [9.17, 15) is 0 Å². The van der Waals surface area contributed by atoms with Crippen molar-refractivity contribution in [3.63, 3.8) is 0 Å². The molecule has 1 heterocycles. The van der Waals surface area contributed by atoms with Crippen molar-refractivity contribution >= 4 is 0 Å². The topological polar surface area (TPSA) is 15.3 Å². The quantitative estimate of drug-likeness (QED) is 0.697. The lowest BCUT2D eigenvalue weighted by Gasteiger charge is -2.34. The average molecular weight is 212 g/mol. The maximum Gasteiger partial charge on any atom is 0.00505 e. The Kier molecular flexibility index (Phi) is 5.62. The Morgan fingerprint density at radius 1 is 1.20 bits per heavy atom. The third-order valence-corrected chi connectivity index (χ3v) is 3.66. The van der Waals surface area contributed by atoms with Gasteiger partial charge in [-0.15, -0.1) is 0 Å². The van der Waals surface area contributed by atoms with Crippen molar-refractivity contribution in [2.75, 3.05) is 32.7 Å². The molecule has 0 amide bonds. The molecule has 1 atom stereocenters. The molecule has 0 bridgehead atoms. The molecule has 15 heavy (non-hydrogen) atoms. The molecule has 0 radical (unpaired) electrons. The largest absolute Gasteiger partial charge is 0.316 e. The predicted molar refractivity (Wildman–Crippen MR) is 67.2 cm³/mol. The molecule has 1 N–H and O–H groups in total. The van der Waals surface area contributed by atoms with E-state index in [1.54, 1.807) is 0 Å². The lowest BCUT2D eigenvalue weighted by Crippen LogP contribution is -2.39. The van der Waals surface area contributed by atoms with Gasteiger partial charge >= 0.3 is 0 Å². The summed E-state index contributed by atoms with van der Waals surface area (Å²) in [4.78, 5) is 2.63. The summed E-state index contributed by atoms with van der Waals surface area (Å²) in [5, 5.41) is 3.54. The maximum atomic E-state index is 3.54. The molecule has 0 aromatic heterocycles. The number of nitrogens with zero attached hydrogens (tertiary/aromatic N) is 1. The summed E-state index contributed by atoms with van der Waals surface area (Å²) in [6.07, 6.45) is 5.37. The number of hydrogen-bond acceptors (Lipinski definition) is 2. The molecule has 1 unspecified atom stereocenters. The second-order valence-electron chi connectivity index (χ2n) is 5.05. The van der Waals surface area contributed by atoms with E-state index in [1.807, 2.05) is 0 Å². The van der Waals surface area contributed by atoms with Gasteiger partial charge in [-0.3, -0.25) is 0 Å². The minimum absolute atomic E-state index is 0.583. The molecule has 0 aromatic rings. The van der Waals surface area contributed by atoms with Crippen LogP contribution in [0.4, 0.5) is 0 Å². The van der Waals surface area contributed by atoms with Crippen LogP contribution in [-0.2, 0) is 0 Å². The van der Waals surface area contributed by atoms with Crippen LogP contribution in [0.25, 0.3) is 0 Å². The van der Waals surface area contributed by atoms with E-state index in [0.717, 1.165) is 0 Å². The highest BCUT2D eigenvalue weighted by atomic mass is 15.1. The van der Waals surface area contributed by atoms with E-state index >= 15 is 0 Å². The first-order chi connectivity index (χ1) is 7.26. The van der Waals surface area contributed by atoms with E-state index in [2.05, 4.69) is 31.0 Å². The number of nitrogens with one attached hydrogen (secondary N) is 1. The summed E-state index contributed by atoms with van der Waals surface area (Å²) in [5.74, 6) is 0. The van der Waals surface area contributed by atoms with Crippen LogP contribution < -0.4 is 5.32 Å². The molecular weight excluding hydrogens is 184 g/mol. The zero-order chi connectivity index (χ0) is 11.1. The SMILES string of the molecule is CCCN(CC)CC1(CCC)CCNC1. The van der Waals surface area contributed by atoms with Crippen LogP contribution in [0.1, 0.15) is 46.5 Å². The molecule has 2 nitrogen and oxygen atoms in total. The van der Waals surface area contributed by atoms with Crippen molar-refractivity contribution in [1.29, 1.82) is 0 Å². The zero-order valence-electron chi connectivity index (χ0n) is 10.8. The summed E-state index contributed by atoms with van der Waals surface area (Å²) in [5.41, 5.74) is 0.583. The van der Waals surface area contributed by atoms with E-state index in [4.69, 9.17) is 0 Å². The molecule has 1 aliphatic heterocycles. The summed E-state index contributed by atoms with van der Waals surface area (Å²) in [6.45, 7) is 13.1. The minimum Gasteiger partial charge on any atom is -0.316 e. The molecular formula is C13H28N2. The standard InChI is InChI=1S/C13H28N2/c1-4-7-13(8-9-14-11-13)12-15(6-3)10-5-2/h14H,4-12H2,1-3H3. The van der Waals surface area contributed by atoms with Crippen molar-refractivity contribution in [2.24, 2.45) is 5.41 Å². The van der Waals surface area contributed by atoms with Crippen LogP contribution in [-0.4, -0.2) is 37.6 Å². The summed E-state index contributed by atoms with van der Waals surface area (Å²) < 4.78 is 0. The first-order valence-corrected chi connectivity index (χ1v) is 6.69. The average Bonchev–Trinajstić information content (AvgIpc) is 2.67. The molecule has 90 valence electrons. The molecule has 0 saturated carbocycles. The van der Waals surface area contributed by atoms with Gasteiger partial charge in [0, 0.05) is 13.1 Å². The Morgan fingerprint density at radius 2 is 2.00 bits per heavy atom. The van der Waals surface area contributed by atoms with Crippen molar-refractivity contribution in [3.8, 4) is 0 Å². The van der Waals surface area contributed by atoms with Gasteiger partial charge in [0.15, 0.2) is 0 Å². The van der Waals surface area contributed by atoms with Crippen LogP contribution in [0, 0.1) is 5.41 Å². The van der Waals surface area contributed by atoms with Crippen molar-refractivity contribution in [2.45, 2.75) is 46.5 Å². The van der Waals surface area contributed by atoms with Crippen molar-refractivity contribution in [3.05, 3.63) is 0 Å². The van der Waals surface area contributed by atoms with Gasteiger partial charge < -0.3 is 10.2 Å². The molecule has 1 aliphatic rings. The van der Waals surface area contributed by atoms with E-state index < -0.39 is 0 Å². The smallest absolute Gasteiger partial charge is 0.00505 e. The second kappa shape index (κ2) is 6.49. The van der Waals surface area contributed by atoms with Gasteiger partial charge in [0.25, 0.3) is 0 Å². The lowest BCUT2D eigenvalue weighted by atomic mass is 9.82. The number of rotatable bonds is 7. The summed E-state index contributed by atoms with van der Waals surface area (Å²) >= 11 is 0. The fourth-order valence-electron chi connectivity index (χ4n) is 2.89. The maximum absolute atomic E-state index is 3.54. The van der Waals surface area contributed by atoms with E-state index in [1.165, 1.54) is 58.4 Å². The molecule has 1 fully saturated rings. The molecule has 1 saturated heterocycles. The molecule has 0 aliphatic carbocycles. The Morgan fingerprint density at radius 3 is 2.47 bits per heavy atom. The Bertz CT molecular complexity index is 162. The molecule has 2 heteroatoms. The fourth-order valence-corrected chi connectivity index (χ4v) is 2.89. The number of hydrogen-bond donors (Lipinski definition) is 1.